The topological polar surface area (TPSA) is 166 Å². The van der Waals surface area contributed by atoms with Crippen LogP contribution in [0, 0.1) is 11.7 Å². The summed E-state index contributed by atoms with van der Waals surface area (Å²) in [5, 5.41) is 60.9. The van der Waals surface area contributed by atoms with Crippen LogP contribution in [0.25, 0.3) is 0 Å². The number of carbonyl (C=O) groups is 1. The number of aliphatic hydroxyl groups is 6. The Labute approximate surface area is 283 Å². The minimum Gasteiger partial charge on any atom is -0.457 e. The molecule has 5 unspecified atom stereocenters. The summed E-state index contributed by atoms with van der Waals surface area (Å²) < 4.78 is 29.8. The van der Waals surface area contributed by atoms with Gasteiger partial charge in [-0.25, -0.2) is 4.39 Å². The molecule has 1 saturated heterocycles. The number of hydrogen-bond acceptors (Lipinski definition) is 10. The van der Waals surface area contributed by atoms with Gasteiger partial charge in [0.15, 0.2) is 6.29 Å². The first-order valence-electron chi connectivity index (χ1n) is 17.4. The fourth-order valence-corrected chi connectivity index (χ4v) is 5.95. The van der Waals surface area contributed by atoms with Gasteiger partial charge in [0.05, 0.1) is 25.4 Å². The van der Waals surface area contributed by atoms with Crippen molar-refractivity contribution in [1.82, 2.24) is 0 Å². The van der Waals surface area contributed by atoms with E-state index in [1.807, 2.05) is 19.1 Å². The van der Waals surface area contributed by atoms with Crippen molar-refractivity contribution in [3.05, 3.63) is 59.9 Å². The highest BCUT2D eigenvalue weighted by Crippen LogP contribution is 2.26. The first kappa shape index (κ1) is 40.0. The van der Waals surface area contributed by atoms with Gasteiger partial charge in [-0.2, -0.15) is 0 Å². The van der Waals surface area contributed by atoms with E-state index in [0.717, 1.165) is 63.5 Å². The number of aryl methyl sites for hydroxylation is 1. The van der Waals surface area contributed by atoms with E-state index >= 15 is 0 Å². The Morgan fingerprint density at radius 1 is 0.833 bits per heavy atom. The van der Waals surface area contributed by atoms with Gasteiger partial charge in [0.2, 0.25) is 0 Å². The monoisotopic (exact) mass is 678 g/mol. The number of carbonyl (C=O) groups excluding carboxylic acids is 1. The fraction of sp³-hybridized carbons (Fsp3) is 0.649. The van der Waals surface area contributed by atoms with Gasteiger partial charge in [0.25, 0.3) is 0 Å². The van der Waals surface area contributed by atoms with Crippen LogP contribution in [0.4, 0.5) is 4.39 Å². The average molecular weight is 679 g/mol. The normalized spacial score (nSPS) is 23.0. The SMILES string of the molecule is CCC[C@@H](O)[C@@H](O)[C@H](COC1OC(CO)C(O)C(O)C1O)CC(=O)CCCCCCCCCCc1ccc(Oc2ccc(F)cc2)cc1. The number of rotatable bonds is 23. The summed E-state index contributed by atoms with van der Waals surface area (Å²) in [6.07, 6.45) is 1.10. The first-order chi connectivity index (χ1) is 23.1. The van der Waals surface area contributed by atoms with Crippen LogP contribution in [0.2, 0.25) is 0 Å². The number of halogens is 1. The largest absolute Gasteiger partial charge is 0.457 e. The molecule has 270 valence electrons. The Morgan fingerprint density at radius 3 is 2.02 bits per heavy atom. The van der Waals surface area contributed by atoms with Crippen LogP contribution in [0.15, 0.2) is 48.5 Å². The highest BCUT2D eigenvalue weighted by atomic mass is 19.1. The van der Waals surface area contributed by atoms with E-state index in [4.69, 9.17) is 14.2 Å². The minimum atomic E-state index is -1.60. The molecular weight excluding hydrogens is 623 g/mol. The molecule has 3 rings (SSSR count). The molecule has 48 heavy (non-hydrogen) atoms. The number of hydrogen-bond donors (Lipinski definition) is 6. The van der Waals surface area contributed by atoms with Gasteiger partial charge in [-0.3, -0.25) is 4.79 Å². The molecule has 0 radical (unpaired) electrons. The molecule has 2 aromatic carbocycles. The summed E-state index contributed by atoms with van der Waals surface area (Å²) in [7, 11) is 0. The Kier molecular flexibility index (Phi) is 18.0. The first-order valence-corrected chi connectivity index (χ1v) is 17.4. The highest BCUT2D eigenvalue weighted by molar-refractivity contribution is 5.78. The van der Waals surface area contributed by atoms with Crippen LogP contribution in [0.5, 0.6) is 11.5 Å². The van der Waals surface area contributed by atoms with Crippen LogP contribution in [0.3, 0.4) is 0 Å². The van der Waals surface area contributed by atoms with Crippen molar-refractivity contribution in [2.24, 2.45) is 5.92 Å². The van der Waals surface area contributed by atoms with Crippen molar-refractivity contribution in [2.45, 2.75) is 133 Å². The van der Waals surface area contributed by atoms with Crippen LogP contribution in [-0.4, -0.2) is 92.5 Å². The molecule has 0 spiro atoms. The molecule has 2 aromatic rings. The molecular formula is C37H55FO10. The van der Waals surface area contributed by atoms with Crippen molar-refractivity contribution in [2.75, 3.05) is 13.2 Å². The smallest absolute Gasteiger partial charge is 0.186 e. The Hall–Kier alpha value is -2.48. The van der Waals surface area contributed by atoms with E-state index in [-0.39, 0.29) is 24.6 Å². The highest BCUT2D eigenvalue weighted by Gasteiger charge is 2.44. The van der Waals surface area contributed by atoms with Crippen molar-refractivity contribution < 1.29 is 54.0 Å². The maximum absolute atomic E-state index is 13.1. The number of Topliss-reactive ketones (excluding diaryl/α,β-unsaturated/α-hetero) is 1. The molecule has 0 bridgehead atoms. The van der Waals surface area contributed by atoms with Gasteiger partial charge in [-0.15, -0.1) is 0 Å². The van der Waals surface area contributed by atoms with E-state index in [1.165, 1.54) is 17.7 Å². The lowest BCUT2D eigenvalue weighted by molar-refractivity contribution is -0.304. The predicted molar refractivity (Wildman–Crippen MR) is 178 cm³/mol. The van der Waals surface area contributed by atoms with Crippen LogP contribution < -0.4 is 4.74 Å². The van der Waals surface area contributed by atoms with E-state index < -0.39 is 55.4 Å². The van der Waals surface area contributed by atoms with Gasteiger partial charge in [-0.1, -0.05) is 64.0 Å². The number of unbranched alkanes of at least 4 members (excludes halogenated alkanes) is 7. The van der Waals surface area contributed by atoms with E-state index in [2.05, 4.69) is 12.1 Å². The zero-order valence-electron chi connectivity index (χ0n) is 28.0. The third-order valence-corrected chi connectivity index (χ3v) is 8.92. The lowest BCUT2D eigenvalue weighted by Gasteiger charge is -2.40. The summed E-state index contributed by atoms with van der Waals surface area (Å²) in [4.78, 5) is 12.8. The van der Waals surface area contributed by atoms with Gasteiger partial charge >= 0.3 is 0 Å². The fourth-order valence-electron chi connectivity index (χ4n) is 5.95. The third-order valence-electron chi connectivity index (χ3n) is 8.92. The molecule has 10 nitrogen and oxygen atoms in total. The third kappa shape index (κ3) is 13.4. The molecule has 0 aromatic heterocycles. The summed E-state index contributed by atoms with van der Waals surface area (Å²) >= 11 is 0. The minimum absolute atomic E-state index is 0.0244. The molecule has 0 saturated carbocycles. The lowest BCUT2D eigenvalue weighted by Crippen LogP contribution is -2.59. The second-order valence-corrected chi connectivity index (χ2v) is 12.9. The standard InChI is InChI=1S/C37H55FO10/c1-2-11-31(41)33(42)26(24-46-37-36(45)35(44)34(43)32(23-39)48-37)22-28(40)13-10-8-6-4-3-5-7-9-12-25-14-18-29(19-15-25)47-30-20-16-27(38)17-21-30/h14-21,26,31-37,39,41-45H,2-13,22-24H2,1H3/t26-,31+,32?,33-,34?,35?,36?,37?/m0/s1. The lowest BCUT2D eigenvalue weighted by atomic mass is 9.90. The van der Waals surface area contributed by atoms with Gasteiger partial charge < -0.3 is 44.8 Å². The van der Waals surface area contributed by atoms with Crippen LogP contribution >= 0.6 is 0 Å². The van der Waals surface area contributed by atoms with Crippen molar-refractivity contribution in [3.63, 3.8) is 0 Å². The van der Waals surface area contributed by atoms with Gasteiger partial charge in [0, 0.05) is 18.8 Å². The summed E-state index contributed by atoms with van der Waals surface area (Å²) in [6, 6.07) is 13.9. The molecule has 1 fully saturated rings. The molecule has 1 aliphatic rings. The summed E-state index contributed by atoms with van der Waals surface area (Å²) in [6.45, 7) is 1.04. The zero-order chi connectivity index (χ0) is 34.9. The summed E-state index contributed by atoms with van der Waals surface area (Å²) in [5.41, 5.74) is 1.25. The summed E-state index contributed by atoms with van der Waals surface area (Å²) in [5.74, 6) is 0.197. The van der Waals surface area contributed by atoms with Crippen molar-refractivity contribution in [3.8, 4) is 11.5 Å². The van der Waals surface area contributed by atoms with E-state index in [1.54, 1.807) is 12.1 Å². The Bertz CT molecular complexity index is 1160. The van der Waals surface area contributed by atoms with E-state index in [0.29, 0.717) is 25.0 Å². The van der Waals surface area contributed by atoms with Gasteiger partial charge in [-0.05, 0) is 67.6 Å². The Morgan fingerprint density at radius 2 is 1.42 bits per heavy atom. The second-order valence-electron chi connectivity index (χ2n) is 12.9. The van der Waals surface area contributed by atoms with Crippen LogP contribution in [-0.2, 0) is 20.7 Å². The van der Waals surface area contributed by atoms with Crippen LogP contribution in [0.1, 0.15) is 89.5 Å². The molecule has 0 amide bonds. The quantitative estimate of drug-likeness (QED) is 0.0916. The molecule has 6 N–H and O–H groups in total. The average Bonchev–Trinajstić information content (AvgIpc) is 3.08. The maximum atomic E-state index is 13.1. The zero-order valence-corrected chi connectivity index (χ0v) is 28.0. The number of ether oxygens (including phenoxy) is 3. The van der Waals surface area contributed by atoms with E-state index in [9.17, 15) is 39.8 Å². The molecule has 1 aliphatic heterocycles. The maximum Gasteiger partial charge on any atom is 0.186 e. The molecule has 11 heteroatoms. The molecule has 1 heterocycles. The predicted octanol–water partition coefficient (Wildman–Crippen LogP) is 4.59. The number of aliphatic hydroxyl groups excluding tert-OH is 6. The molecule has 8 atom stereocenters. The molecule has 0 aliphatic carbocycles. The number of ketones is 1. The van der Waals surface area contributed by atoms with Gasteiger partial charge in [0.1, 0.15) is 47.5 Å². The van der Waals surface area contributed by atoms with Crippen molar-refractivity contribution in [1.29, 1.82) is 0 Å². The van der Waals surface area contributed by atoms with Crippen molar-refractivity contribution >= 4 is 5.78 Å². The second kappa shape index (κ2) is 21.6. The Balaban J connectivity index is 1.28. The number of benzene rings is 2.